The van der Waals surface area contributed by atoms with Crippen LogP contribution in [0.5, 0.6) is 0 Å². The van der Waals surface area contributed by atoms with Crippen molar-refractivity contribution in [1.29, 1.82) is 5.41 Å². The van der Waals surface area contributed by atoms with Crippen LogP contribution in [0.2, 0.25) is 0 Å². The summed E-state index contributed by atoms with van der Waals surface area (Å²) in [6, 6.07) is 2.44. The van der Waals surface area contributed by atoms with Gasteiger partial charge in [-0.15, -0.1) is 0 Å². The summed E-state index contributed by atoms with van der Waals surface area (Å²) in [5.74, 6) is -4.00. The molecule has 0 saturated carbocycles. The molecule has 1 atom stereocenters. The minimum atomic E-state index is -3.19. The second-order valence-corrected chi connectivity index (χ2v) is 7.59. The fourth-order valence-electron chi connectivity index (χ4n) is 2.81. The lowest BCUT2D eigenvalue weighted by Gasteiger charge is -2.27. The lowest BCUT2D eigenvalue weighted by molar-refractivity contribution is -0.104. The maximum absolute atomic E-state index is 14.8. The highest BCUT2D eigenvalue weighted by Crippen LogP contribution is 2.32. The van der Waals surface area contributed by atoms with Crippen molar-refractivity contribution in [2.45, 2.75) is 32.7 Å². The van der Waals surface area contributed by atoms with Crippen molar-refractivity contribution in [3.63, 3.8) is 0 Å². The van der Waals surface area contributed by atoms with Gasteiger partial charge < -0.3 is 26.0 Å². The molecule has 0 aliphatic rings. The molecule has 172 valence electrons. The van der Waals surface area contributed by atoms with E-state index >= 15 is 0 Å². The van der Waals surface area contributed by atoms with E-state index in [1.807, 2.05) is 0 Å². The van der Waals surface area contributed by atoms with Crippen LogP contribution in [0, 0.1) is 17.1 Å². The third-order valence-electron chi connectivity index (χ3n) is 4.52. The fourth-order valence-corrected chi connectivity index (χ4v) is 2.81. The highest BCUT2D eigenvalue weighted by Gasteiger charge is 2.28. The summed E-state index contributed by atoms with van der Waals surface area (Å²) in [5, 5.41) is 23.0. The predicted octanol–water partition coefficient (Wildman–Crippen LogP) is 2.78. The van der Waals surface area contributed by atoms with Gasteiger partial charge in [0.2, 0.25) is 0 Å². The molecular weight excluding hydrogens is 411 g/mol. The van der Waals surface area contributed by atoms with Crippen molar-refractivity contribution in [3.8, 4) is 0 Å². The van der Waals surface area contributed by atoms with Crippen LogP contribution in [0.15, 0.2) is 34.6 Å². The number of aldehydes is 1. The Morgan fingerprint density at radius 3 is 2.35 bits per heavy atom. The van der Waals surface area contributed by atoms with Gasteiger partial charge in [0, 0.05) is 39.2 Å². The SMILES string of the molecule is CN/C(=N\C(NC(c1ccc(C(C)(F)F)cc1F)C(C)C)=C(/C=O)C(=N)CO)N(C)C. The summed E-state index contributed by atoms with van der Waals surface area (Å²) in [6.45, 7) is 3.55. The molecule has 0 heterocycles. The number of halogens is 3. The van der Waals surface area contributed by atoms with Gasteiger partial charge in [-0.1, -0.05) is 26.0 Å². The van der Waals surface area contributed by atoms with Gasteiger partial charge in [0.25, 0.3) is 5.92 Å². The molecule has 0 bridgehead atoms. The third-order valence-corrected chi connectivity index (χ3v) is 4.52. The van der Waals surface area contributed by atoms with Crippen molar-refractivity contribution >= 4 is 18.0 Å². The number of guanidine groups is 1. The maximum atomic E-state index is 14.8. The zero-order valence-corrected chi connectivity index (χ0v) is 18.6. The first kappa shape index (κ1) is 26.2. The van der Waals surface area contributed by atoms with E-state index < -0.39 is 30.0 Å². The molecule has 0 amide bonds. The van der Waals surface area contributed by atoms with Crippen LogP contribution in [0.4, 0.5) is 13.2 Å². The van der Waals surface area contributed by atoms with Gasteiger partial charge in [-0.25, -0.2) is 13.2 Å². The second-order valence-electron chi connectivity index (χ2n) is 7.59. The number of aliphatic imine (C=N–C) groups is 1. The Morgan fingerprint density at radius 2 is 1.97 bits per heavy atom. The van der Waals surface area contributed by atoms with Crippen LogP contribution < -0.4 is 10.6 Å². The van der Waals surface area contributed by atoms with Crippen molar-refractivity contribution in [1.82, 2.24) is 15.5 Å². The average Bonchev–Trinajstić information content (AvgIpc) is 2.68. The van der Waals surface area contributed by atoms with E-state index in [0.29, 0.717) is 19.2 Å². The molecule has 7 nitrogen and oxygen atoms in total. The number of nitrogens with one attached hydrogen (secondary N) is 3. The highest BCUT2D eigenvalue weighted by atomic mass is 19.3. The number of hydrogen-bond donors (Lipinski definition) is 4. The van der Waals surface area contributed by atoms with Crippen LogP contribution in [-0.2, 0) is 10.7 Å². The number of carbonyl (C=O) groups excluding carboxylic acids is 1. The Labute approximate surface area is 180 Å². The molecule has 10 heteroatoms. The summed E-state index contributed by atoms with van der Waals surface area (Å²) in [7, 11) is 5.01. The van der Waals surface area contributed by atoms with E-state index in [0.717, 1.165) is 12.1 Å². The molecule has 0 saturated heterocycles. The lowest BCUT2D eigenvalue weighted by Crippen LogP contribution is -2.36. The van der Waals surface area contributed by atoms with E-state index in [1.165, 1.54) is 6.07 Å². The zero-order valence-electron chi connectivity index (χ0n) is 18.6. The van der Waals surface area contributed by atoms with Crippen molar-refractivity contribution < 1.29 is 23.1 Å². The second kappa shape index (κ2) is 10.9. The Bertz CT molecular complexity index is 861. The largest absolute Gasteiger partial charge is 0.390 e. The number of carbonyl (C=O) groups is 1. The molecule has 0 aliphatic carbocycles. The Balaban J connectivity index is 3.61. The first-order chi connectivity index (χ1) is 14.4. The van der Waals surface area contributed by atoms with Crippen molar-refractivity contribution in [2.24, 2.45) is 10.9 Å². The Morgan fingerprint density at radius 1 is 1.35 bits per heavy atom. The minimum Gasteiger partial charge on any atom is -0.390 e. The van der Waals surface area contributed by atoms with Gasteiger partial charge in [0.1, 0.15) is 11.6 Å². The Kier molecular flexibility index (Phi) is 9.23. The molecule has 1 aromatic carbocycles. The molecule has 1 rings (SSSR count). The van der Waals surface area contributed by atoms with E-state index in [1.54, 1.807) is 39.9 Å². The zero-order chi connectivity index (χ0) is 23.9. The fraction of sp³-hybridized carbons (Fsp3) is 0.476. The highest BCUT2D eigenvalue weighted by molar-refractivity contribution is 6.14. The molecule has 0 radical (unpaired) electrons. The molecule has 1 unspecified atom stereocenters. The molecular formula is C21H30F3N5O2. The molecule has 0 fully saturated rings. The summed E-state index contributed by atoms with van der Waals surface area (Å²) in [5.41, 5.74) is -0.933. The van der Waals surface area contributed by atoms with Gasteiger partial charge in [0.15, 0.2) is 12.2 Å². The lowest BCUT2D eigenvalue weighted by atomic mass is 9.93. The topological polar surface area (TPSA) is 101 Å². The summed E-state index contributed by atoms with van der Waals surface area (Å²) in [6.07, 6.45) is 0.377. The van der Waals surface area contributed by atoms with E-state index in [4.69, 9.17) is 5.41 Å². The summed E-state index contributed by atoms with van der Waals surface area (Å²) >= 11 is 0. The van der Waals surface area contributed by atoms with Crippen LogP contribution in [-0.4, -0.2) is 55.7 Å². The number of benzene rings is 1. The van der Waals surface area contributed by atoms with Gasteiger partial charge in [-0.2, -0.15) is 4.99 Å². The third kappa shape index (κ3) is 6.81. The molecule has 1 aromatic rings. The van der Waals surface area contributed by atoms with E-state index in [9.17, 15) is 23.1 Å². The number of alkyl halides is 2. The number of nitrogens with zero attached hydrogens (tertiary/aromatic N) is 2. The Hall–Kier alpha value is -2.88. The number of rotatable bonds is 9. The van der Waals surface area contributed by atoms with Crippen molar-refractivity contribution in [2.75, 3.05) is 27.7 Å². The first-order valence-corrected chi connectivity index (χ1v) is 9.63. The molecule has 4 N–H and O–H groups in total. The van der Waals surface area contributed by atoms with Gasteiger partial charge >= 0.3 is 0 Å². The summed E-state index contributed by atoms with van der Waals surface area (Å²) in [4.78, 5) is 17.6. The quantitative estimate of drug-likeness (QED) is 0.204. The maximum Gasteiger partial charge on any atom is 0.270 e. The average molecular weight is 441 g/mol. The predicted molar refractivity (Wildman–Crippen MR) is 115 cm³/mol. The number of aliphatic hydroxyl groups is 1. The van der Waals surface area contributed by atoms with Crippen LogP contribution in [0.25, 0.3) is 0 Å². The van der Waals surface area contributed by atoms with Gasteiger partial charge in [0.05, 0.1) is 23.9 Å². The van der Waals surface area contributed by atoms with Crippen molar-refractivity contribution in [3.05, 3.63) is 46.5 Å². The normalized spacial score (nSPS) is 14.1. The molecule has 0 spiro atoms. The molecule has 0 aliphatic heterocycles. The molecule has 0 aromatic heterocycles. The monoisotopic (exact) mass is 441 g/mol. The number of aliphatic hydroxyl groups excluding tert-OH is 1. The van der Waals surface area contributed by atoms with Crippen LogP contribution in [0.3, 0.4) is 0 Å². The minimum absolute atomic E-state index is 0.0601. The van der Waals surface area contributed by atoms with Crippen LogP contribution >= 0.6 is 0 Å². The van der Waals surface area contributed by atoms with Gasteiger partial charge in [-0.05, 0) is 12.0 Å². The summed E-state index contributed by atoms with van der Waals surface area (Å²) < 4.78 is 41.9. The van der Waals surface area contributed by atoms with Gasteiger partial charge in [-0.3, -0.25) is 4.79 Å². The number of hydrogen-bond acceptors (Lipinski definition) is 5. The van der Waals surface area contributed by atoms with Crippen LogP contribution in [0.1, 0.15) is 37.9 Å². The smallest absolute Gasteiger partial charge is 0.270 e. The molecule has 31 heavy (non-hydrogen) atoms. The standard InChI is InChI=1S/C21H30F3N5O2/c1-12(2)18(14-8-7-13(9-16(14)22)21(3,23)24)27-19(15(10-30)17(25)11-31)28-20(26-4)29(5)6/h7-10,12,18,25,27,31H,11H2,1-6H3,(H,26,28)/b19-15+,25-17?. The van der Waals surface area contributed by atoms with E-state index in [-0.39, 0.29) is 28.6 Å². The van der Waals surface area contributed by atoms with E-state index in [2.05, 4.69) is 15.6 Å². The first-order valence-electron chi connectivity index (χ1n) is 9.63.